The lowest BCUT2D eigenvalue weighted by molar-refractivity contribution is -0.124. The molecule has 0 aliphatic rings. The van der Waals surface area contributed by atoms with Crippen molar-refractivity contribution in [1.82, 2.24) is 5.32 Å². The van der Waals surface area contributed by atoms with Crippen LogP contribution >= 0.6 is 15.9 Å². The monoisotopic (exact) mass is 409 g/mol. The molecule has 1 atom stereocenters. The Labute approximate surface area is 153 Å². The van der Waals surface area contributed by atoms with E-state index in [1.165, 1.54) is 25.3 Å². The Morgan fingerprint density at radius 2 is 1.88 bits per heavy atom. The van der Waals surface area contributed by atoms with Gasteiger partial charge in [-0.05, 0) is 58.7 Å². The molecule has 5 nitrogen and oxygen atoms in total. The van der Waals surface area contributed by atoms with Crippen LogP contribution in [0, 0.1) is 5.82 Å². The fraction of sp³-hybridized carbons (Fsp3) is 0.222. The number of hydrogen-bond acceptors (Lipinski definition) is 4. The molecule has 0 unspecified atom stereocenters. The van der Waals surface area contributed by atoms with Gasteiger partial charge in [-0.25, -0.2) is 9.18 Å². The number of amides is 1. The third-order valence-electron chi connectivity index (χ3n) is 3.48. The molecular formula is C18H17BrFNO4. The van der Waals surface area contributed by atoms with Crippen molar-refractivity contribution in [2.45, 2.75) is 13.0 Å². The first-order valence-corrected chi connectivity index (χ1v) is 8.25. The molecule has 0 fully saturated rings. The number of esters is 1. The van der Waals surface area contributed by atoms with Gasteiger partial charge in [-0.2, -0.15) is 0 Å². The summed E-state index contributed by atoms with van der Waals surface area (Å²) in [5, 5.41) is 2.68. The van der Waals surface area contributed by atoms with Gasteiger partial charge in [0.15, 0.2) is 6.61 Å². The largest absolute Gasteiger partial charge is 0.497 e. The van der Waals surface area contributed by atoms with Gasteiger partial charge >= 0.3 is 5.97 Å². The molecule has 25 heavy (non-hydrogen) atoms. The minimum absolute atomic E-state index is 0.263. The third-order valence-corrected chi connectivity index (χ3v) is 4.17. The number of carbonyl (C=O) groups is 2. The van der Waals surface area contributed by atoms with Crippen molar-refractivity contribution in [2.75, 3.05) is 13.7 Å². The van der Waals surface area contributed by atoms with Crippen LogP contribution in [0.1, 0.15) is 28.9 Å². The number of benzene rings is 2. The maximum Gasteiger partial charge on any atom is 0.339 e. The van der Waals surface area contributed by atoms with E-state index in [-0.39, 0.29) is 17.4 Å². The van der Waals surface area contributed by atoms with Crippen LogP contribution in [0.15, 0.2) is 46.9 Å². The number of halogens is 2. The quantitative estimate of drug-likeness (QED) is 0.739. The highest BCUT2D eigenvalue weighted by atomic mass is 79.9. The Balaban J connectivity index is 1.91. The minimum atomic E-state index is -0.643. The molecule has 1 amide bonds. The number of carbonyl (C=O) groups excluding carboxylic acids is 2. The lowest BCUT2D eigenvalue weighted by Gasteiger charge is -2.14. The standard InChI is InChI=1S/C18H17BrFNO4/c1-11(12-3-5-13(20)6-4-12)21-17(22)10-25-18(23)15-9-14(24-2)7-8-16(15)19/h3-9,11H,10H2,1-2H3,(H,21,22)/t11-/m0/s1. The molecule has 2 rings (SSSR count). The fourth-order valence-electron chi connectivity index (χ4n) is 2.11. The van der Waals surface area contributed by atoms with Gasteiger partial charge in [0.2, 0.25) is 0 Å². The molecule has 0 aliphatic heterocycles. The second-order valence-corrected chi connectivity index (χ2v) is 6.12. The predicted molar refractivity (Wildman–Crippen MR) is 93.9 cm³/mol. The first-order valence-electron chi connectivity index (χ1n) is 7.46. The third kappa shape index (κ3) is 5.29. The van der Waals surface area contributed by atoms with E-state index in [4.69, 9.17) is 9.47 Å². The average Bonchev–Trinajstić information content (AvgIpc) is 2.60. The summed E-state index contributed by atoms with van der Waals surface area (Å²) in [7, 11) is 1.49. The van der Waals surface area contributed by atoms with Gasteiger partial charge in [0.1, 0.15) is 11.6 Å². The van der Waals surface area contributed by atoms with Gasteiger partial charge in [-0.15, -0.1) is 0 Å². The lowest BCUT2D eigenvalue weighted by atomic mass is 10.1. The van der Waals surface area contributed by atoms with Crippen molar-refractivity contribution in [3.63, 3.8) is 0 Å². The van der Waals surface area contributed by atoms with Crippen molar-refractivity contribution < 1.29 is 23.5 Å². The van der Waals surface area contributed by atoms with Crippen LogP contribution in [0.4, 0.5) is 4.39 Å². The van der Waals surface area contributed by atoms with Crippen LogP contribution in [0.3, 0.4) is 0 Å². The van der Waals surface area contributed by atoms with Crippen LogP contribution in [0.2, 0.25) is 0 Å². The van der Waals surface area contributed by atoms with Crippen LogP contribution < -0.4 is 10.1 Å². The van der Waals surface area contributed by atoms with E-state index in [1.54, 1.807) is 31.2 Å². The summed E-state index contributed by atoms with van der Waals surface area (Å²) in [5.41, 5.74) is 1.01. The van der Waals surface area contributed by atoms with Crippen molar-refractivity contribution in [3.05, 3.63) is 63.9 Å². The highest BCUT2D eigenvalue weighted by molar-refractivity contribution is 9.10. The Morgan fingerprint density at radius 3 is 2.52 bits per heavy atom. The summed E-state index contributed by atoms with van der Waals surface area (Å²) in [4.78, 5) is 24.0. The number of rotatable bonds is 6. The maximum absolute atomic E-state index is 12.9. The van der Waals surface area contributed by atoms with Gasteiger partial charge in [0.25, 0.3) is 5.91 Å². The van der Waals surface area contributed by atoms with Crippen LogP contribution in [-0.4, -0.2) is 25.6 Å². The van der Waals surface area contributed by atoms with Gasteiger partial charge < -0.3 is 14.8 Å². The molecule has 2 aromatic rings. The molecule has 2 aromatic carbocycles. The lowest BCUT2D eigenvalue weighted by Crippen LogP contribution is -2.31. The number of hydrogen-bond donors (Lipinski definition) is 1. The second-order valence-electron chi connectivity index (χ2n) is 5.26. The van der Waals surface area contributed by atoms with Gasteiger partial charge in [0.05, 0.1) is 18.7 Å². The Kier molecular flexibility index (Phi) is 6.52. The summed E-state index contributed by atoms with van der Waals surface area (Å²) in [6, 6.07) is 10.3. The van der Waals surface area contributed by atoms with E-state index in [9.17, 15) is 14.0 Å². The molecule has 0 saturated heterocycles. The molecule has 0 aliphatic carbocycles. The van der Waals surface area contributed by atoms with Crippen molar-refractivity contribution in [3.8, 4) is 5.75 Å². The number of methoxy groups -OCH3 is 1. The summed E-state index contributed by atoms with van der Waals surface area (Å²) < 4.78 is 23.5. The van der Waals surface area contributed by atoms with E-state index >= 15 is 0 Å². The number of nitrogens with one attached hydrogen (secondary N) is 1. The molecular weight excluding hydrogens is 393 g/mol. The second kappa shape index (κ2) is 8.62. The van der Waals surface area contributed by atoms with Gasteiger partial charge in [0, 0.05) is 4.47 Å². The van der Waals surface area contributed by atoms with Crippen molar-refractivity contribution in [2.24, 2.45) is 0 Å². The highest BCUT2D eigenvalue weighted by Crippen LogP contribution is 2.23. The van der Waals surface area contributed by atoms with E-state index in [2.05, 4.69) is 21.2 Å². The zero-order valence-corrected chi connectivity index (χ0v) is 15.3. The topological polar surface area (TPSA) is 64.6 Å². The molecule has 0 saturated carbocycles. The van der Waals surface area contributed by atoms with Crippen LogP contribution in [0.5, 0.6) is 5.75 Å². The number of ether oxygens (including phenoxy) is 2. The van der Waals surface area contributed by atoms with Crippen molar-refractivity contribution >= 4 is 27.8 Å². The summed E-state index contributed by atoms with van der Waals surface area (Å²) in [6.45, 7) is 1.33. The Hall–Kier alpha value is -2.41. The van der Waals surface area contributed by atoms with Crippen LogP contribution in [-0.2, 0) is 9.53 Å². The SMILES string of the molecule is COc1ccc(Br)c(C(=O)OCC(=O)N[C@@H](C)c2ccc(F)cc2)c1. The first kappa shape index (κ1) is 18.9. The Morgan fingerprint density at radius 1 is 1.20 bits per heavy atom. The fourth-order valence-corrected chi connectivity index (χ4v) is 2.52. The molecule has 1 N–H and O–H groups in total. The van der Waals surface area contributed by atoms with E-state index < -0.39 is 18.5 Å². The molecule has 0 heterocycles. The molecule has 0 bridgehead atoms. The van der Waals surface area contributed by atoms with E-state index in [0.717, 1.165) is 5.56 Å². The maximum atomic E-state index is 12.9. The summed E-state index contributed by atoms with van der Waals surface area (Å²) >= 11 is 3.26. The molecule has 7 heteroatoms. The van der Waals surface area contributed by atoms with Crippen molar-refractivity contribution in [1.29, 1.82) is 0 Å². The Bertz CT molecular complexity index is 764. The summed E-state index contributed by atoms with van der Waals surface area (Å²) in [6.07, 6.45) is 0. The smallest absolute Gasteiger partial charge is 0.339 e. The van der Waals surface area contributed by atoms with E-state index in [1.807, 2.05) is 0 Å². The van der Waals surface area contributed by atoms with Gasteiger partial charge in [-0.3, -0.25) is 4.79 Å². The molecule has 0 aromatic heterocycles. The average molecular weight is 410 g/mol. The minimum Gasteiger partial charge on any atom is -0.497 e. The zero-order valence-electron chi connectivity index (χ0n) is 13.7. The molecule has 0 radical (unpaired) electrons. The predicted octanol–water partition coefficient (Wildman–Crippen LogP) is 3.63. The van der Waals surface area contributed by atoms with E-state index in [0.29, 0.717) is 10.2 Å². The molecule has 132 valence electrons. The zero-order chi connectivity index (χ0) is 18.4. The molecule has 0 spiro atoms. The summed E-state index contributed by atoms with van der Waals surface area (Å²) in [5.74, 6) is -0.941. The first-order chi connectivity index (χ1) is 11.9. The van der Waals surface area contributed by atoms with Crippen LogP contribution in [0.25, 0.3) is 0 Å². The normalized spacial score (nSPS) is 11.5. The van der Waals surface area contributed by atoms with Gasteiger partial charge in [-0.1, -0.05) is 12.1 Å². The highest BCUT2D eigenvalue weighted by Gasteiger charge is 2.16.